The number of para-hydroxylation sites is 1. The number of carbonyl (C=O) groups excluding carboxylic acids is 1. The van der Waals surface area contributed by atoms with Gasteiger partial charge in [0, 0.05) is 36.3 Å². The molecule has 0 aliphatic carbocycles. The molecule has 2 aromatic rings. The lowest BCUT2D eigenvalue weighted by molar-refractivity contribution is 0.0618. The van der Waals surface area contributed by atoms with E-state index in [1.54, 1.807) is 0 Å². The first-order chi connectivity index (χ1) is 10.1. The van der Waals surface area contributed by atoms with Crippen LogP contribution in [0.1, 0.15) is 29.9 Å². The molecule has 21 heavy (non-hydrogen) atoms. The molecule has 1 aromatic carbocycles. The zero-order valence-corrected chi connectivity index (χ0v) is 12.8. The Hall–Kier alpha value is -1.94. The molecule has 2 unspecified atom stereocenters. The topological polar surface area (TPSA) is 45.2 Å². The number of nitrogens with one attached hydrogen (secondary N) is 1. The molecule has 1 aliphatic heterocycles. The number of aryl methyl sites for hydroxylation is 1. The van der Waals surface area contributed by atoms with Crippen LogP contribution < -0.4 is 5.32 Å². The maximum Gasteiger partial charge on any atom is 0.254 e. The number of piperazine rings is 1. The predicted octanol–water partition coefficient (Wildman–Crippen LogP) is 2.37. The van der Waals surface area contributed by atoms with Crippen molar-refractivity contribution in [3.8, 4) is 0 Å². The van der Waals surface area contributed by atoms with E-state index >= 15 is 0 Å². The first kappa shape index (κ1) is 14.0. The van der Waals surface area contributed by atoms with Gasteiger partial charge in [0.05, 0.1) is 11.1 Å². The van der Waals surface area contributed by atoms with E-state index < -0.39 is 0 Å². The van der Waals surface area contributed by atoms with E-state index in [2.05, 4.69) is 24.1 Å². The molecule has 1 saturated heterocycles. The molecule has 2 atom stereocenters. The van der Waals surface area contributed by atoms with E-state index in [1.807, 2.05) is 42.2 Å². The van der Waals surface area contributed by atoms with Gasteiger partial charge in [-0.15, -0.1) is 0 Å². The average molecular weight is 283 g/mol. The van der Waals surface area contributed by atoms with Gasteiger partial charge in [0.15, 0.2) is 0 Å². The molecular weight excluding hydrogens is 262 g/mol. The second-order valence-electron chi connectivity index (χ2n) is 5.94. The number of pyridine rings is 1. The van der Waals surface area contributed by atoms with Crippen molar-refractivity contribution >= 4 is 16.8 Å². The summed E-state index contributed by atoms with van der Waals surface area (Å²) in [5.74, 6) is 0.109. The fourth-order valence-electron chi connectivity index (χ4n) is 2.94. The highest BCUT2D eigenvalue weighted by Crippen LogP contribution is 2.21. The maximum absolute atomic E-state index is 13.0. The Bertz CT molecular complexity index is 683. The third kappa shape index (κ3) is 2.63. The molecule has 4 nitrogen and oxygen atoms in total. The molecular formula is C17H21N3O. The lowest BCUT2D eigenvalue weighted by Crippen LogP contribution is -2.56. The number of fused-ring (bicyclic) bond motifs is 1. The largest absolute Gasteiger partial charge is 0.333 e. The predicted molar refractivity (Wildman–Crippen MR) is 84.4 cm³/mol. The summed E-state index contributed by atoms with van der Waals surface area (Å²) >= 11 is 0. The average Bonchev–Trinajstić information content (AvgIpc) is 2.48. The Morgan fingerprint density at radius 3 is 2.90 bits per heavy atom. The molecule has 4 heteroatoms. The number of nitrogens with zero attached hydrogens (tertiary/aromatic N) is 2. The Morgan fingerprint density at radius 2 is 2.10 bits per heavy atom. The summed E-state index contributed by atoms with van der Waals surface area (Å²) in [6.45, 7) is 7.73. The third-order valence-corrected chi connectivity index (χ3v) is 4.10. The lowest BCUT2D eigenvalue weighted by Gasteiger charge is -2.37. The number of hydrogen-bond acceptors (Lipinski definition) is 3. The number of hydrogen-bond donors (Lipinski definition) is 1. The molecule has 1 fully saturated rings. The molecule has 3 rings (SSSR count). The van der Waals surface area contributed by atoms with Crippen molar-refractivity contribution in [2.75, 3.05) is 13.1 Å². The SMILES string of the molecule is Cc1cc(C(=O)N2CC(C)NCC2C)c2ccccc2n1. The van der Waals surface area contributed by atoms with Gasteiger partial charge in [0.1, 0.15) is 0 Å². The van der Waals surface area contributed by atoms with E-state index in [9.17, 15) is 4.79 Å². The van der Waals surface area contributed by atoms with Crippen LogP contribution in [-0.4, -0.2) is 41.0 Å². The number of amides is 1. The molecule has 1 amide bonds. The van der Waals surface area contributed by atoms with Gasteiger partial charge in [-0.2, -0.15) is 0 Å². The van der Waals surface area contributed by atoms with Crippen molar-refractivity contribution in [3.05, 3.63) is 41.6 Å². The molecule has 1 aliphatic rings. The van der Waals surface area contributed by atoms with Gasteiger partial charge in [-0.3, -0.25) is 9.78 Å². The van der Waals surface area contributed by atoms with Crippen molar-refractivity contribution < 1.29 is 4.79 Å². The van der Waals surface area contributed by atoms with Crippen LogP contribution in [0.3, 0.4) is 0 Å². The van der Waals surface area contributed by atoms with Gasteiger partial charge < -0.3 is 10.2 Å². The van der Waals surface area contributed by atoms with Crippen LogP contribution in [0.25, 0.3) is 10.9 Å². The Kier molecular flexibility index (Phi) is 3.64. The van der Waals surface area contributed by atoms with E-state index in [0.29, 0.717) is 6.04 Å². The van der Waals surface area contributed by atoms with E-state index in [0.717, 1.165) is 35.2 Å². The van der Waals surface area contributed by atoms with Crippen LogP contribution in [-0.2, 0) is 0 Å². The van der Waals surface area contributed by atoms with E-state index in [4.69, 9.17) is 0 Å². The van der Waals surface area contributed by atoms with Crippen molar-refractivity contribution in [1.82, 2.24) is 15.2 Å². The molecule has 110 valence electrons. The van der Waals surface area contributed by atoms with Crippen LogP contribution in [0.4, 0.5) is 0 Å². The summed E-state index contributed by atoms with van der Waals surface area (Å²) in [5.41, 5.74) is 2.53. The Balaban J connectivity index is 2.05. The number of benzene rings is 1. The highest BCUT2D eigenvalue weighted by atomic mass is 16.2. The van der Waals surface area contributed by atoms with Gasteiger partial charge in [0.25, 0.3) is 5.91 Å². The first-order valence-electron chi connectivity index (χ1n) is 7.47. The zero-order chi connectivity index (χ0) is 15.0. The van der Waals surface area contributed by atoms with Crippen molar-refractivity contribution in [2.45, 2.75) is 32.9 Å². The highest BCUT2D eigenvalue weighted by molar-refractivity contribution is 6.06. The van der Waals surface area contributed by atoms with Gasteiger partial charge >= 0.3 is 0 Å². The van der Waals surface area contributed by atoms with Gasteiger partial charge in [-0.1, -0.05) is 18.2 Å². The minimum absolute atomic E-state index is 0.109. The molecule has 1 aromatic heterocycles. The van der Waals surface area contributed by atoms with Gasteiger partial charge in [-0.25, -0.2) is 0 Å². The molecule has 0 radical (unpaired) electrons. The van der Waals surface area contributed by atoms with Crippen molar-refractivity contribution in [2.24, 2.45) is 0 Å². The summed E-state index contributed by atoms with van der Waals surface area (Å²) in [4.78, 5) is 19.5. The zero-order valence-electron chi connectivity index (χ0n) is 12.8. The summed E-state index contributed by atoms with van der Waals surface area (Å²) in [7, 11) is 0. The molecule has 0 spiro atoms. The lowest BCUT2D eigenvalue weighted by atomic mass is 10.0. The summed E-state index contributed by atoms with van der Waals surface area (Å²) in [5, 5.41) is 4.35. The second-order valence-corrected chi connectivity index (χ2v) is 5.94. The molecule has 1 N–H and O–H groups in total. The Labute approximate surface area is 125 Å². The van der Waals surface area contributed by atoms with E-state index in [1.165, 1.54) is 0 Å². The summed E-state index contributed by atoms with van der Waals surface area (Å²) < 4.78 is 0. The maximum atomic E-state index is 13.0. The van der Waals surface area contributed by atoms with Crippen LogP contribution in [0.2, 0.25) is 0 Å². The Morgan fingerprint density at radius 1 is 1.33 bits per heavy atom. The summed E-state index contributed by atoms with van der Waals surface area (Å²) in [6.07, 6.45) is 0. The van der Waals surface area contributed by atoms with Crippen LogP contribution in [0.15, 0.2) is 30.3 Å². The minimum atomic E-state index is 0.109. The monoisotopic (exact) mass is 283 g/mol. The van der Waals surface area contributed by atoms with E-state index in [-0.39, 0.29) is 11.9 Å². The van der Waals surface area contributed by atoms with Gasteiger partial charge in [0.2, 0.25) is 0 Å². The fraction of sp³-hybridized carbons (Fsp3) is 0.412. The van der Waals surface area contributed by atoms with Crippen LogP contribution >= 0.6 is 0 Å². The number of rotatable bonds is 1. The summed E-state index contributed by atoms with van der Waals surface area (Å²) in [6, 6.07) is 10.3. The minimum Gasteiger partial charge on any atom is -0.333 e. The van der Waals surface area contributed by atoms with Crippen molar-refractivity contribution in [3.63, 3.8) is 0 Å². The number of carbonyl (C=O) groups is 1. The van der Waals surface area contributed by atoms with Gasteiger partial charge in [-0.05, 0) is 32.9 Å². The molecule has 0 saturated carbocycles. The standard InChI is InChI=1S/C17H21N3O/c1-11-8-15(14-6-4-5-7-16(14)19-11)17(21)20-10-12(2)18-9-13(20)3/h4-8,12-13,18H,9-10H2,1-3H3. The van der Waals surface area contributed by atoms with Crippen LogP contribution in [0, 0.1) is 6.92 Å². The number of aromatic nitrogens is 1. The molecule has 2 heterocycles. The normalized spacial score (nSPS) is 22.5. The quantitative estimate of drug-likeness (QED) is 0.874. The molecule has 0 bridgehead atoms. The van der Waals surface area contributed by atoms with Crippen molar-refractivity contribution in [1.29, 1.82) is 0 Å². The highest BCUT2D eigenvalue weighted by Gasteiger charge is 2.28. The first-order valence-corrected chi connectivity index (χ1v) is 7.47. The fourth-order valence-corrected chi connectivity index (χ4v) is 2.94. The smallest absolute Gasteiger partial charge is 0.254 e. The third-order valence-electron chi connectivity index (χ3n) is 4.10. The second kappa shape index (κ2) is 5.45. The van der Waals surface area contributed by atoms with Crippen LogP contribution in [0.5, 0.6) is 0 Å².